The van der Waals surface area contributed by atoms with Crippen LogP contribution in [0.2, 0.25) is 0 Å². The summed E-state index contributed by atoms with van der Waals surface area (Å²) in [5.74, 6) is -0.640. The van der Waals surface area contributed by atoms with Gasteiger partial charge < -0.3 is 33.8 Å². The molecule has 2 unspecified atom stereocenters. The maximum absolute atomic E-state index is 13.1. The number of rotatable bonds is 71. The molecule has 0 bridgehead atoms. The minimum Gasteiger partial charge on any atom is -0.462 e. The summed E-state index contributed by atoms with van der Waals surface area (Å²) in [7, 11) is -9.89. The van der Waals surface area contributed by atoms with Gasteiger partial charge in [0.05, 0.1) is 26.4 Å². The zero-order valence-electron chi connectivity index (χ0n) is 59.1. The zero-order chi connectivity index (χ0) is 67.2. The van der Waals surface area contributed by atoms with Crippen LogP contribution in [0, 0.1) is 11.8 Å². The third-order valence-electron chi connectivity index (χ3n) is 16.7. The fourth-order valence-corrected chi connectivity index (χ4v) is 12.5. The fraction of sp³-hybridized carbons (Fsp3) is 0.944. The number of aliphatic hydroxyl groups is 1. The summed E-state index contributed by atoms with van der Waals surface area (Å²) in [6.45, 7) is 9.46. The fourth-order valence-electron chi connectivity index (χ4n) is 10.9. The first-order valence-electron chi connectivity index (χ1n) is 37.5. The highest BCUT2D eigenvalue weighted by molar-refractivity contribution is 7.47. The Balaban J connectivity index is 5.14. The molecule has 540 valence electrons. The van der Waals surface area contributed by atoms with E-state index >= 15 is 0 Å². The van der Waals surface area contributed by atoms with E-state index in [1.54, 1.807) is 0 Å². The molecule has 0 amide bonds. The Bertz CT molecular complexity index is 1770. The van der Waals surface area contributed by atoms with Crippen LogP contribution in [0.15, 0.2) is 0 Å². The molecule has 0 saturated carbocycles. The third kappa shape index (κ3) is 66.5. The van der Waals surface area contributed by atoms with Crippen molar-refractivity contribution in [1.82, 2.24) is 0 Å². The van der Waals surface area contributed by atoms with E-state index in [1.807, 2.05) is 0 Å². The second kappa shape index (κ2) is 64.1. The van der Waals surface area contributed by atoms with Gasteiger partial charge in [-0.15, -0.1) is 0 Å². The molecule has 0 aliphatic rings. The molecule has 0 radical (unpaired) electrons. The molecule has 0 rings (SSSR count). The van der Waals surface area contributed by atoms with Gasteiger partial charge in [-0.25, -0.2) is 9.13 Å². The lowest BCUT2D eigenvalue weighted by Crippen LogP contribution is -2.30. The van der Waals surface area contributed by atoms with Gasteiger partial charge in [-0.2, -0.15) is 0 Å². The number of esters is 4. The van der Waals surface area contributed by atoms with E-state index in [2.05, 4.69) is 41.5 Å². The van der Waals surface area contributed by atoms with Gasteiger partial charge in [0, 0.05) is 25.7 Å². The lowest BCUT2D eigenvalue weighted by molar-refractivity contribution is -0.161. The van der Waals surface area contributed by atoms with Crippen molar-refractivity contribution in [3.05, 3.63) is 0 Å². The highest BCUT2D eigenvalue weighted by Gasteiger charge is 2.30. The van der Waals surface area contributed by atoms with Gasteiger partial charge in [0.1, 0.15) is 19.3 Å². The minimum absolute atomic E-state index is 0.102. The predicted octanol–water partition coefficient (Wildman–Crippen LogP) is 20.8. The van der Waals surface area contributed by atoms with Crippen molar-refractivity contribution in [3.8, 4) is 0 Å². The molecule has 91 heavy (non-hydrogen) atoms. The highest BCUT2D eigenvalue weighted by Crippen LogP contribution is 2.45. The van der Waals surface area contributed by atoms with Crippen LogP contribution in [-0.2, 0) is 65.4 Å². The Labute approximate surface area is 556 Å². The number of carbonyl (C=O) groups is 4. The van der Waals surface area contributed by atoms with Crippen LogP contribution in [0.1, 0.15) is 369 Å². The Kier molecular flexibility index (Phi) is 62.7. The maximum Gasteiger partial charge on any atom is 0.472 e. The lowest BCUT2D eigenvalue weighted by atomic mass is 10.0. The van der Waals surface area contributed by atoms with Crippen LogP contribution in [0.25, 0.3) is 0 Å². The number of unbranched alkanes of at least 4 members (excludes halogenated alkanes) is 41. The van der Waals surface area contributed by atoms with Gasteiger partial charge in [-0.05, 0) is 37.5 Å². The van der Waals surface area contributed by atoms with E-state index in [-0.39, 0.29) is 25.7 Å². The molecule has 0 aromatic heterocycles. The van der Waals surface area contributed by atoms with E-state index in [0.717, 1.165) is 109 Å². The molecule has 0 saturated heterocycles. The first-order valence-corrected chi connectivity index (χ1v) is 40.5. The van der Waals surface area contributed by atoms with Crippen molar-refractivity contribution in [2.24, 2.45) is 11.8 Å². The van der Waals surface area contributed by atoms with E-state index in [9.17, 15) is 43.2 Å². The van der Waals surface area contributed by atoms with E-state index < -0.39 is 97.5 Å². The van der Waals surface area contributed by atoms with Gasteiger partial charge in [0.2, 0.25) is 0 Å². The standard InChI is InChI=1S/C72H140O17P2/c1-7-9-11-13-15-16-17-18-26-29-32-36-43-49-55-70(75)83-61-67(88-71(76)56-50-44-37-33-30-27-24-22-20-19-21-23-25-28-31-35-40-46-52-64(3)4)62-86-90(78,79)84-58-66(73)59-85-91(80,81)87-63-68(60-82-69(74)54-48-42-34-14-12-10-8-2)89-72(77)57-51-45-39-38-41-47-53-65(5)6/h64-68,73H,7-63H2,1-6H3,(H,78,79)(H,80,81)/t66-,67-,68-/m1/s1. The SMILES string of the molecule is CCCCCCCCCCCCCCCCC(=O)OC[C@H](COP(=O)(O)OC[C@@H](O)COP(=O)(O)OC[C@@H](COC(=O)CCCCCCCCC)OC(=O)CCCCCCCCC(C)C)OC(=O)CCCCCCCCCCCCCCCCCCCCC(C)C. The number of hydrogen-bond acceptors (Lipinski definition) is 15. The maximum atomic E-state index is 13.1. The Morgan fingerprint density at radius 2 is 0.505 bits per heavy atom. The van der Waals surface area contributed by atoms with Crippen molar-refractivity contribution in [1.29, 1.82) is 0 Å². The van der Waals surface area contributed by atoms with E-state index in [0.29, 0.717) is 31.6 Å². The summed E-state index contributed by atoms with van der Waals surface area (Å²) in [4.78, 5) is 72.4. The molecule has 3 N–H and O–H groups in total. The summed E-state index contributed by atoms with van der Waals surface area (Å²) < 4.78 is 68.2. The molecule has 0 spiro atoms. The Morgan fingerprint density at radius 1 is 0.297 bits per heavy atom. The normalized spacial score (nSPS) is 14.1. The van der Waals surface area contributed by atoms with Crippen molar-refractivity contribution in [3.63, 3.8) is 0 Å². The molecule has 0 aromatic rings. The summed E-state index contributed by atoms with van der Waals surface area (Å²) in [6, 6.07) is 0. The molecular weight excluding hydrogens is 1200 g/mol. The summed E-state index contributed by atoms with van der Waals surface area (Å²) in [5, 5.41) is 10.6. The van der Waals surface area contributed by atoms with Crippen LogP contribution in [0.5, 0.6) is 0 Å². The van der Waals surface area contributed by atoms with E-state index in [4.69, 9.17) is 37.0 Å². The smallest absolute Gasteiger partial charge is 0.462 e. The first kappa shape index (κ1) is 89.1. The van der Waals surface area contributed by atoms with Gasteiger partial charge in [0.25, 0.3) is 0 Å². The van der Waals surface area contributed by atoms with Crippen LogP contribution in [-0.4, -0.2) is 96.7 Å². The molecule has 0 fully saturated rings. The number of aliphatic hydroxyl groups excluding tert-OH is 1. The quantitative estimate of drug-likeness (QED) is 0.0222. The molecule has 19 heteroatoms. The van der Waals surface area contributed by atoms with Crippen molar-refractivity contribution < 1.29 is 80.2 Å². The Morgan fingerprint density at radius 3 is 0.747 bits per heavy atom. The van der Waals surface area contributed by atoms with Crippen LogP contribution >= 0.6 is 15.6 Å². The second-order valence-electron chi connectivity index (χ2n) is 26.9. The van der Waals surface area contributed by atoms with Gasteiger partial charge in [0.15, 0.2) is 12.2 Å². The second-order valence-corrected chi connectivity index (χ2v) is 29.8. The van der Waals surface area contributed by atoms with Crippen LogP contribution in [0.3, 0.4) is 0 Å². The first-order chi connectivity index (χ1) is 43.9. The van der Waals surface area contributed by atoms with Gasteiger partial charge in [-0.1, -0.05) is 318 Å². The topological polar surface area (TPSA) is 237 Å². The predicted molar refractivity (Wildman–Crippen MR) is 368 cm³/mol. The monoisotopic (exact) mass is 1340 g/mol. The average Bonchev–Trinajstić information content (AvgIpc) is 2.21. The average molecular weight is 1340 g/mol. The highest BCUT2D eigenvalue weighted by atomic mass is 31.2. The molecular formula is C72H140O17P2. The van der Waals surface area contributed by atoms with Gasteiger partial charge in [-0.3, -0.25) is 37.3 Å². The summed E-state index contributed by atoms with van der Waals surface area (Å²) in [5.41, 5.74) is 0. The molecule has 0 aliphatic heterocycles. The zero-order valence-corrected chi connectivity index (χ0v) is 60.9. The third-order valence-corrected chi connectivity index (χ3v) is 18.6. The molecule has 5 atom stereocenters. The minimum atomic E-state index is -4.95. The van der Waals surface area contributed by atoms with Crippen molar-refractivity contribution in [2.75, 3.05) is 39.6 Å². The number of hydrogen-bond donors (Lipinski definition) is 3. The number of phosphoric ester groups is 2. The van der Waals surface area contributed by atoms with Crippen molar-refractivity contribution in [2.45, 2.75) is 387 Å². The summed E-state index contributed by atoms with van der Waals surface area (Å²) >= 11 is 0. The molecule has 17 nitrogen and oxygen atoms in total. The number of carbonyl (C=O) groups excluding carboxylic acids is 4. The van der Waals surface area contributed by atoms with Crippen LogP contribution < -0.4 is 0 Å². The Hall–Kier alpha value is -1.94. The van der Waals surface area contributed by atoms with Gasteiger partial charge >= 0.3 is 39.5 Å². The number of phosphoric acid groups is 2. The van der Waals surface area contributed by atoms with Crippen molar-refractivity contribution >= 4 is 39.5 Å². The summed E-state index contributed by atoms with van der Waals surface area (Å²) in [6.07, 6.45) is 50.4. The molecule has 0 aliphatic carbocycles. The van der Waals surface area contributed by atoms with E-state index in [1.165, 1.54) is 173 Å². The largest absolute Gasteiger partial charge is 0.472 e. The van der Waals surface area contributed by atoms with Crippen LogP contribution in [0.4, 0.5) is 0 Å². The molecule has 0 aromatic carbocycles. The molecule has 0 heterocycles. The lowest BCUT2D eigenvalue weighted by Gasteiger charge is -2.21. The number of ether oxygens (including phenoxy) is 4.